The first-order valence-electron chi connectivity index (χ1n) is 3.33. The molecule has 64 valence electrons. The van der Waals surface area contributed by atoms with Gasteiger partial charge in [0.15, 0.2) is 0 Å². The van der Waals surface area contributed by atoms with Crippen LogP contribution in [0, 0.1) is 0 Å². The third kappa shape index (κ3) is 5.79. The molecule has 0 aliphatic heterocycles. The Balaban J connectivity index is 3.39. The molecule has 0 bridgehead atoms. The van der Waals surface area contributed by atoms with Crippen molar-refractivity contribution in [3.8, 4) is 0 Å². The van der Waals surface area contributed by atoms with Crippen molar-refractivity contribution in [1.29, 1.82) is 0 Å². The van der Waals surface area contributed by atoms with Gasteiger partial charge in [-0.05, 0) is 0 Å². The molecule has 0 aromatic heterocycles. The van der Waals surface area contributed by atoms with Gasteiger partial charge in [-0.25, -0.2) is 0 Å². The van der Waals surface area contributed by atoms with Crippen LogP contribution >= 0.6 is 0 Å². The average molecular weight is 158 g/mol. The molecular formula is C8H14O3. The zero-order valence-corrected chi connectivity index (χ0v) is 6.79. The summed E-state index contributed by atoms with van der Waals surface area (Å²) >= 11 is 0. The van der Waals surface area contributed by atoms with Crippen molar-refractivity contribution >= 4 is 0 Å². The minimum atomic E-state index is -0.619. The Morgan fingerprint density at radius 3 is 1.91 bits per heavy atom. The molecule has 0 saturated heterocycles. The highest BCUT2D eigenvalue weighted by Crippen LogP contribution is 1.95. The Bertz CT molecular complexity index is 99.9. The van der Waals surface area contributed by atoms with E-state index in [-0.39, 0.29) is 0 Å². The Morgan fingerprint density at radius 2 is 1.64 bits per heavy atom. The summed E-state index contributed by atoms with van der Waals surface area (Å²) in [5.74, 6) is 0. The van der Waals surface area contributed by atoms with E-state index in [1.807, 2.05) is 0 Å². The molecule has 0 saturated carbocycles. The van der Waals surface area contributed by atoms with Crippen LogP contribution in [0.4, 0.5) is 0 Å². The van der Waals surface area contributed by atoms with E-state index in [1.165, 1.54) is 7.11 Å². The lowest BCUT2D eigenvalue weighted by molar-refractivity contribution is -0.267. The maximum Gasteiger partial charge on any atom is 0.271 e. The van der Waals surface area contributed by atoms with Crippen molar-refractivity contribution in [2.75, 3.05) is 20.3 Å². The lowest BCUT2D eigenvalue weighted by atomic mass is 10.7. The Hall–Kier alpha value is -0.640. The molecule has 0 rings (SSSR count). The minimum Gasteiger partial charge on any atom is -0.333 e. The van der Waals surface area contributed by atoms with E-state index in [0.29, 0.717) is 13.2 Å². The molecule has 0 radical (unpaired) electrons. The highest BCUT2D eigenvalue weighted by Gasteiger charge is 2.03. The molecule has 0 aliphatic carbocycles. The van der Waals surface area contributed by atoms with Crippen molar-refractivity contribution in [3.63, 3.8) is 0 Å². The highest BCUT2D eigenvalue weighted by atomic mass is 16.8. The van der Waals surface area contributed by atoms with Crippen LogP contribution in [0.5, 0.6) is 0 Å². The SMILES string of the molecule is C=CCOC(OC)OCC=C. The third-order valence-electron chi connectivity index (χ3n) is 0.893. The summed E-state index contributed by atoms with van der Waals surface area (Å²) in [7, 11) is 1.51. The largest absolute Gasteiger partial charge is 0.333 e. The van der Waals surface area contributed by atoms with Gasteiger partial charge in [-0.2, -0.15) is 0 Å². The second-order valence-corrected chi connectivity index (χ2v) is 1.77. The average Bonchev–Trinajstić information content (AvgIpc) is 2.05. The van der Waals surface area contributed by atoms with Crippen LogP contribution in [0.15, 0.2) is 25.3 Å². The van der Waals surface area contributed by atoms with Gasteiger partial charge in [-0.1, -0.05) is 12.2 Å². The predicted molar refractivity (Wildman–Crippen MR) is 43.1 cm³/mol. The fraction of sp³-hybridized carbons (Fsp3) is 0.500. The molecule has 3 nitrogen and oxygen atoms in total. The molecule has 0 amide bonds. The summed E-state index contributed by atoms with van der Waals surface area (Å²) in [6.45, 7) is 7.19. The third-order valence-corrected chi connectivity index (χ3v) is 0.893. The minimum absolute atomic E-state index is 0.412. The number of hydrogen-bond acceptors (Lipinski definition) is 3. The molecule has 0 fully saturated rings. The van der Waals surface area contributed by atoms with Crippen LogP contribution in [0.1, 0.15) is 0 Å². The normalized spacial score (nSPS) is 10.0. The van der Waals surface area contributed by atoms with E-state index < -0.39 is 6.48 Å². The van der Waals surface area contributed by atoms with Gasteiger partial charge >= 0.3 is 0 Å². The summed E-state index contributed by atoms with van der Waals surface area (Å²) in [5.41, 5.74) is 0. The summed E-state index contributed by atoms with van der Waals surface area (Å²) in [6, 6.07) is 0. The summed E-state index contributed by atoms with van der Waals surface area (Å²) in [6.07, 6.45) is 3.26. The summed E-state index contributed by atoms with van der Waals surface area (Å²) in [4.78, 5) is 0. The van der Waals surface area contributed by atoms with Gasteiger partial charge in [0.2, 0.25) is 0 Å². The predicted octanol–water partition coefficient (Wildman–Crippen LogP) is 1.32. The molecule has 0 heterocycles. The van der Waals surface area contributed by atoms with Gasteiger partial charge in [-0.3, -0.25) is 0 Å². The lowest BCUT2D eigenvalue weighted by Crippen LogP contribution is -2.19. The second-order valence-electron chi connectivity index (χ2n) is 1.77. The van der Waals surface area contributed by atoms with Gasteiger partial charge < -0.3 is 14.2 Å². The van der Waals surface area contributed by atoms with Crippen LogP contribution in [-0.2, 0) is 14.2 Å². The molecule has 0 spiro atoms. The first kappa shape index (κ1) is 10.4. The highest BCUT2D eigenvalue weighted by molar-refractivity contribution is 4.65. The Labute approximate surface area is 67.3 Å². The maximum atomic E-state index is 5.03. The summed E-state index contributed by atoms with van der Waals surface area (Å²) in [5, 5.41) is 0. The topological polar surface area (TPSA) is 27.7 Å². The van der Waals surface area contributed by atoms with Crippen LogP contribution in [0.2, 0.25) is 0 Å². The number of hydrogen-bond donors (Lipinski definition) is 0. The van der Waals surface area contributed by atoms with Crippen LogP contribution in [0.3, 0.4) is 0 Å². The van der Waals surface area contributed by atoms with E-state index in [4.69, 9.17) is 14.2 Å². The van der Waals surface area contributed by atoms with Gasteiger partial charge in [0.1, 0.15) is 0 Å². The smallest absolute Gasteiger partial charge is 0.271 e. The Kier molecular flexibility index (Phi) is 7.03. The standard InChI is InChI=1S/C8H14O3/c1-4-6-10-8(9-3)11-7-5-2/h4-5,8H,1-2,6-7H2,3H3. The quantitative estimate of drug-likeness (QED) is 0.413. The number of methoxy groups -OCH3 is 1. The van der Waals surface area contributed by atoms with Crippen molar-refractivity contribution in [3.05, 3.63) is 25.3 Å². The number of rotatable bonds is 7. The zero-order chi connectivity index (χ0) is 8.53. The fourth-order valence-electron chi connectivity index (χ4n) is 0.477. The monoisotopic (exact) mass is 158 g/mol. The first-order chi connectivity index (χ1) is 5.35. The van der Waals surface area contributed by atoms with Crippen molar-refractivity contribution in [1.82, 2.24) is 0 Å². The van der Waals surface area contributed by atoms with Crippen molar-refractivity contribution in [2.45, 2.75) is 6.48 Å². The van der Waals surface area contributed by atoms with Gasteiger partial charge in [0, 0.05) is 7.11 Å². The molecule has 0 unspecified atom stereocenters. The van der Waals surface area contributed by atoms with E-state index in [1.54, 1.807) is 12.2 Å². The lowest BCUT2D eigenvalue weighted by Gasteiger charge is -2.13. The first-order valence-corrected chi connectivity index (χ1v) is 3.33. The fourth-order valence-corrected chi connectivity index (χ4v) is 0.477. The van der Waals surface area contributed by atoms with Crippen molar-refractivity contribution in [2.24, 2.45) is 0 Å². The molecule has 0 aromatic rings. The molecule has 3 heteroatoms. The summed E-state index contributed by atoms with van der Waals surface area (Å²) < 4.78 is 14.9. The molecule has 0 aliphatic rings. The van der Waals surface area contributed by atoms with Crippen molar-refractivity contribution < 1.29 is 14.2 Å². The van der Waals surface area contributed by atoms with Gasteiger partial charge in [0.25, 0.3) is 6.48 Å². The Morgan fingerprint density at radius 1 is 1.18 bits per heavy atom. The van der Waals surface area contributed by atoms with E-state index >= 15 is 0 Å². The number of ether oxygens (including phenoxy) is 3. The van der Waals surface area contributed by atoms with E-state index in [2.05, 4.69) is 13.2 Å². The zero-order valence-electron chi connectivity index (χ0n) is 6.79. The van der Waals surface area contributed by atoms with E-state index in [0.717, 1.165) is 0 Å². The van der Waals surface area contributed by atoms with Crippen LogP contribution in [-0.4, -0.2) is 26.8 Å². The maximum absolute atomic E-state index is 5.03. The molecular weight excluding hydrogens is 144 g/mol. The van der Waals surface area contributed by atoms with Gasteiger partial charge in [0.05, 0.1) is 13.2 Å². The molecule has 0 atom stereocenters. The van der Waals surface area contributed by atoms with Crippen LogP contribution < -0.4 is 0 Å². The van der Waals surface area contributed by atoms with E-state index in [9.17, 15) is 0 Å². The van der Waals surface area contributed by atoms with Gasteiger partial charge in [-0.15, -0.1) is 13.2 Å². The molecule has 0 N–H and O–H groups in total. The molecule has 0 aromatic carbocycles. The molecule has 11 heavy (non-hydrogen) atoms. The second kappa shape index (κ2) is 7.47. The van der Waals surface area contributed by atoms with Crippen LogP contribution in [0.25, 0.3) is 0 Å².